The SMILES string of the molecule is N#CCCN1C(=O)NC2(CCN(CCCO)CC2)C1=O. The second kappa shape index (κ2) is 6.20. The molecule has 0 bridgehead atoms. The zero-order chi connectivity index (χ0) is 14.6. The van der Waals surface area contributed by atoms with Crippen LogP contribution in [-0.2, 0) is 4.79 Å². The number of piperidine rings is 1. The fourth-order valence-corrected chi connectivity index (χ4v) is 2.83. The average molecular weight is 280 g/mol. The van der Waals surface area contributed by atoms with Gasteiger partial charge < -0.3 is 15.3 Å². The minimum atomic E-state index is -0.776. The van der Waals surface area contributed by atoms with Gasteiger partial charge in [0.25, 0.3) is 5.91 Å². The highest BCUT2D eigenvalue weighted by molar-refractivity contribution is 6.07. The summed E-state index contributed by atoms with van der Waals surface area (Å²) < 4.78 is 0. The van der Waals surface area contributed by atoms with Crippen molar-refractivity contribution in [1.82, 2.24) is 15.1 Å². The molecule has 0 unspecified atom stereocenters. The van der Waals surface area contributed by atoms with Gasteiger partial charge in [0.2, 0.25) is 0 Å². The zero-order valence-corrected chi connectivity index (χ0v) is 11.5. The van der Waals surface area contributed by atoms with E-state index in [2.05, 4.69) is 10.2 Å². The predicted molar refractivity (Wildman–Crippen MR) is 70.6 cm³/mol. The molecule has 0 radical (unpaired) electrons. The van der Waals surface area contributed by atoms with E-state index in [9.17, 15) is 9.59 Å². The molecule has 2 aliphatic heterocycles. The molecule has 2 fully saturated rings. The van der Waals surface area contributed by atoms with E-state index >= 15 is 0 Å². The van der Waals surface area contributed by atoms with Gasteiger partial charge in [0, 0.05) is 32.8 Å². The highest BCUT2D eigenvalue weighted by Crippen LogP contribution is 2.29. The monoisotopic (exact) mass is 280 g/mol. The standard InChI is InChI=1S/C13H20N4O3/c14-5-1-7-17-11(19)13(15-12(17)20)3-8-16(9-4-13)6-2-10-18/h18H,1-4,6-10H2,(H,15,20). The van der Waals surface area contributed by atoms with Crippen LogP contribution in [0.25, 0.3) is 0 Å². The molecular weight excluding hydrogens is 260 g/mol. The number of urea groups is 1. The average Bonchev–Trinajstić information content (AvgIpc) is 2.68. The van der Waals surface area contributed by atoms with Crippen molar-refractivity contribution in [2.45, 2.75) is 31.2 Å². The maximum atomic E-state index is 12.4. The van der Waals surface area contributed by atoms with Gasteiger partial charge in [0.05, 0.1) is 12.5 Å². The summed E-state index contributed by atoms with van der Waals surface area (Å²) in [5.41, 5.74) is -0.776. The summed E-state index contributed by atoms with van der Waals surface area (Å²) in [6.07, 6.45) is 2.07. The van der Waals surface area contributed by atoms with Crippen molar-refractivity contribution in [1.29, 1.82) is 5.26 Å². The van der Waals surface area contributed by atoms with Gasteiger partial charge in [-0.3, -0.25) is 9.69 Å². The molecule has 110 valence electrons. The smallest absolute Gasteiger partial charge is 0.325 e. The normalized spacial score (nSPS) is 22.1. The van der Waals surface area contributed by atoms with Crippen LogP contribution >= 0.6 is 0 Å². The van der Waals surface area contributed by atoms with E-state index in [-0.39, 0.29) is 31.5 Å². The van der Waals surface area contributed by atoms with Crippen LogP contribution in [0.4, 0.5) is 4.79 Å². The van der Waals surface area contributed by atoms with Crippen molar-refractivity contribution in [3.05, 3.63) is 0 Å². The molecule has 2 aliphatic rings. The Balaban J connectivity index is 1.95. The summed E-state index contributed by atoms with van der Waals surface area (Å²) >= 11 is 0. The first-order chi connectivity index (χ1) is 9.63. The second-order valence-corrected chi connectivity index (χ2v) is 5.30. The van der Waals surface area contributed by atoms with E-state index < -0.39 is 5.54 Å². The van der Waals surface area contributed by atoms with E-state index in [1.54, 1.807) is 0 Å². The Morgan fingerprint density at radius 2 is 2.00 bits per heavy atom. The van der Waals surface area contributed by atoms with Crippen molar-refractivity contribution in [3.63, 3.8) is 0 Å². The summed E-state index contributed by atoms with van der Waals surface area (Å²) in [6, 6.07) is 1.57. The lowest BCUT2D eigenvalue weighted by Gasteiger charge is -2.37. The minimum absolute atomic E-state index is 0.164. The lowest BCUT2D eigenvalue weighted by Crippen LogP contribution is -2.55. The first-order valence-corrected chi connectivity index (χ1v) is 6.97. The number of hydrogen-bond acceptors (Lipinski definition) is 5. The number of carbonyl (C=O) groups excluding carboxylic acids is 2. The number of nitrogens with one attached hydrogen (secondary N) is 1. The molecule has 3 amide bonds. The largest absolute Gasteiger partial charge is 0.396 e. The number of hydrogen-bond donors (Lipinski definition) is 2. The third-order valence-corrected chi connectivity index (χ3v) is 4.04. The Bertz CT molecular complexity index is 424. The van der Waals surface area contributed by atoms with E-state index in [1.165, 1.54) is 0 Å². The Labute approximate surface area is 118 Å². The van der Waals surface area contributed by atoms with Crippen LogP contribution in [0.3, 0.4) is 0 Å². The number of likely N-dealkylation sites (tertiary alicyclic amines) is 1. The van der Waals surface area contributed by atoms with Gasteiger partial charge in [-0.25, -0.2) is 4.79 Å². The zero-order valence-electron chi connectivity index (χ0n) is 11.5. The molecule has 2 saturated heterocycles. The Morgan fingerprint density at radius 3 is 2.60 bits per heavy atom. The fraction of sp³-hybridized carbons (Fsp3) is 0.769. The van der Waals surface area contributed by atoms with Gasteiger partial charge in [0.1, 0.15) is 5.54 Å². The molecule has 7 heteroatoms. The van der Waals surface area contributed by atoms with E-state index in [0.717, 1.165) is 31.0 Å². The number of carbonyl (C=O) groups is 2. The molecule has 2 heterocycles. The lowest BCUT2D eigenvalue weighted by molar-refractivity contribution is -0.132. The van der Waals surface area contributed by atoms with Crippen LogP contribution < -0.4 is 5.32 Å². The molecule has 0 aromatic heterocycles. The van der Waals surface area contributed by atoms with E-state index in [4.69, 9.17) is 10.4 Å². The molecule has 0 atom stereocenters. The highest BCUT2D eigenvalue weighted by Gasteiger charge is 2.51. The summed E-state index contributed by atoms with van der Waals surface area (Å²) in [6.45, 7) is 2.61. The van der Waals surface area contributed by atoms with Crippen molar-refractivity contribution in [2.24, 2.45) is 0 Å². The van der Waals surface area contributed by atoms with Crippen molar-refractivity contribution in [3.8, 4) is 6.07 Å². The molecule has 0 aromatic carbocycles. The number of nitrogens with zero attached hydrogens (tertiary/aromatic N) is 3. The van der Waals surface area contributed by atoms with Crippen LogP contribution in [0.15, 0.2) is 0 Å². The lowest BCUT2D eigenvalue weighted by atomic mass is 9.87. The van der Waals surface area contributed by atoms with Gasteiger partial charge in [-0.1, -0.05) is 0 Å². The van der Waals surface area contributed by atoms with Crippen LogP contribution in [-0.4, -0.2) is 65.2 Å². The predicted octanol–water partition coefficient (Wildman–Crippen LogP) is -0.331. The van der Waals surface area contributed by atoms with Gasteiger partial charge in [-0.2, -0.15) is 5.26 Å². The number of rotatable bonds is 5. The van der Waals surface area contributed by atoms with Crippen LogP contribution in [0.1, 0.15) is 25.7 Å². The Morgan fingerprint density at radius 1 is 1.30 bits per heavy atom. The number of nitriles is 1. The molecule has 2 rings (SSSR count). The Kier molecular flexibility index (Phi) is 4.57. The molecule has 0 aliphatic carbocycles. The summed E-state index contributed by atoms with van der Waals surface area (Å²) in [4.78, 5) is 27.6. The van der Waals surface area contributed by atoms with E-state index in [1.807, 2.05) is 6.07 Å². The molecule has 0 aromatic rings. The summed E-state index contributed by atoms with van der Waals surface area (Å²) in [7, 11) is 0. The van der Waals surface area contributed by atoms with Gasteiger partial charge >= 0.3 is 6.03 Å². The topological polar surface area (TPSA) is 96.7 Å². The third-order valence-electron chi connectivity index (χ3n) is 4.04. The highest BCUT2D eigenvalue weighted by atomic mass is 16.3. The molecule has 0 saturated carbocycles. The number of imide groups is 1. The Hall–Kier alpha value is -1.65. The third kappa shape index (κ3) is 2.76. The maximum absolute atomic E-state index is 12.4. The summed E-state index contributed by atoms with van der Waals surface area (Å²) in [5, 5.41) is 20.2. The first kappa shape index (κ1) is 14.8. The van der Waals surface area contributed by atoms with Gasteiger partial charge in [-0.15, -0.1) is 0 Å². The van der Waals surface area contributed by atoms with Crippen molar-refractivity contribution in [2.75, 3.05) is 32.8 Å². The van der Waals surface area contributed by atoms with Gasteiger partial charge in [0.15, 0.2) is 0 Å². The van der Waals surface area contributed by atoms with Crippen LogP contribution in [0.5, 0.6) is 0 Å². The molecule has 7 nitrogen and oxygen atoms in total. The fourth-order valence-electron chi connectivity index (χ4n) is 2.83. The quantitative estimate of drug-likeness (QED) is 0.672. The number of amides is 3. The van der Waals surface area contributed by atoms with Crippen LogP contribution in [0, 0.1) is 11.3 Å². The molecular formula is C13H20N4O3. The molecule has 2 N–H and O–H groups in total. The minimum Gasteiger partial charge on any atom is -0.396 e. The van der Waals surface area contributed by atoms with Gasteiger partial charge in [-0.05, 0) is 19.3 Å². The maximum Gasteiger partial charge on any atom is 0.325 e. The van der Waals surface area contributed by atoms with Crippen molar-refractivity contribution < 1.29 is 14.7 Å². The number of aliphatic hydroxyl groups excluding tert-OH is 1. The number of aliphatic hydroxyl groups is 1. The molecule has 20 heavy (non-hydrogen) atoms. The summed E-state index contributed by atoms with van der Waals surface area (Å²) in [5.74, 6) is -0.195. The van der Waals surface area contributed by atoms with E-state index in [0.29, 0.717) is 12.8 Å². The second-order valence-electron chi connectivity index (χ2n) is 5.30. The van der Waals surface area contributed by atoms with Crippen molar-refractivity contribution >= 4 is 11.9 Å². The van der Waals surface area contributed by atoms with Crippen LogP contribution in [0.2, 0.25) is 0 Å². The molecule has 1 spiro atoms. The first-order valence-electron chi connectivity index (χ1n) is 6.97.